The molecule has 0 radical (unpaired) electrons. The summed E-state index contributed by atoms with van der Waals surface area (Å²) < 4.78 is 0. The van der Waals surface area contributed by atoms with Crippen molar-refractivity contribution in [2.45, 2.75) is 0 Å². The van der Waals surface area contributed by atoms with Crippen LogP contribution in [0.4, 0.5) is 5.69 Å². The first-order valence-electron chi connectivity index (χ1n) is 13.0. The molecule has 7 rings (SSSR count). The van der Waals surface area contributed by atoms with Crippen LogP contribution in [-0.2, 0) is 0 Å². The highest BCUT2D eigenvalue weighted by Crippen LogP contribution is 2.44. The summed E-state index contributed by atoms with van der Waals surface area (Å²) >= 11 is 0. The van der Waals surface area contributed by atoms with Crippen molar-refractivity contribution < 1.29 is 4.92 Å². The Balaban J connectivity index is 1.67. The van der Waals surface area contributed by atoms with Gasteiger partial charge in [0.1, 0.15) is 0 Å². The van der Waals surface area contributed by atoms with Crippen LogP contribution in [0.1, 0.15) is 22.3 Å². The standard InChI is InChI=1S/C36H23NO2/c38-37(39)32-23-19-28-17-21-30-29(20-16-27-18-22-31(32)36(28)35(27)30)34(26-14-8-3-9-15-26)33(24-10-4-1-5-11-24)25-12-6-2-7-13-25/h1-23H. The second kappa shape index (κ2) is 9.23. The zero-order chi connectivity index (χ0) is 26.3. The molecule has 0 aromatic heterocycles. The molecule has 3 heteroatoms. The Hall–Kier alpha value is -5.28. The molecule has 0 N–H and O–H groups in total. The summed E-state index contributed by atoms with van der Waals surface area (Å²) in [5.74, 6) is 0. The van der Waals surface area contributed by atoms with Gasteiger partial charge in [-0.2, -0.15) is 0 Å². The fourth-order valence-corrected chi connectivity index (χ4v) is 5.87. The largest absolute Gasteiger partial charge is 0.277 e. The van der Waals surface area contributed by atoms with Crippen molar-refractivity contribution in [1.82, 2.24) is 0 Å². The summed E-state index contributed by atoms with van der Waals surface area (Å²) in [6, 6.07) is 47.5. The molecule has 0 aliphatic carbocycles. The van der Waals surface area contributed by atoms with E-state index in [9.17, 15) is 10.1 Å². The average molecular weight is 502 g/mol. The van der Waals surface area contributed by atoms with E-state index in [1.54, 1.807) is 6.07 Å². The number of nitro groups is 1. The molecule has 0 amide bonds. The Kier molecular flexibility index (Phi) is 5.42. The van der Waals surface area contributed by atoms with Crippen LogP contribution in [0.5, 0.6) is 0 Å². The second-order valence-electron chi connectivity index (χ2n) is 9.73. The lowest BCUT2D eigenvalue weighted by atomic mass is 9.82. The molecule has 7 aromatic rings. The predicted octanol–water partition coefficient (Wildman–Crippen LogP) is 9.50. The van der Waals surface area contributed by atoms with Gasteiger partial charge in [-0.25, -0.2) is 0 Å². The molecule has 7 aromatic carbocycles. The van der Waals surface area contributed by atoms with E-state index < -0.39 is 0 Å². The van der Waals surface area contributed by atoms with Gasteiger partial charge >= 0.3 is 0 Å². The molecule has 0 saturated carbocycles. The van der Waals surface area contributed by atoms with Gasteiger partial charge in [-0.05, 0) is 67.1 Å². The number of non-ortho nitro benzene ring substituents is 1. The Morgan fingerprint density at radius 1 is 0.462 bits per heavy atom. The van der Waals surface area contributed by atoms with Crippen LogP contribution in [0.2, 0.25) is 0 Å². The van der Waals surface area contributed by atoms with Gasteiger partial charge in [0.05, 0.1) is 10.3 Å². The maximum atomic E-state index is 11.9. The van der Waals surface area contributed by atoms with Crippen molar-refractivity contribution in [2.24, 2.45) is 0 Å². The number of rotatable bonds is 5. The molecule has 0 atom stereocenters. The zero-order valence-electron chi connectivity index (χ0n) is 21.0. The Morgan fingerprint density at radius 2 is 0.897 bits per heavy atom. The van der Waals surface area contributed by atoms with Crippen molar-refractivity contribution >= 4 is 49.2 Å². The van der Waals surface area contributed by atoms with Gasteiger partial charge < -0.3 is 0 Å². The second-order valence-corrected chi connectivity index (χ2v) is 9.73. The summed E-state index contributed by atoms with van der Waals surface area (Å²) in [4.78, 5) is 11.6. The smallest absolute Gasteiger partial charge is 0.258 e. The SMILES string of the molecule is O=[N+]([O-])c1ccc2ccc3c(C(=C(c4ccccc4)c4ccccc4)c4ccccc4)ccc4ccc1c2c43. The lowest BCUT2D eigenvalue weighted by Gasteiger charge is -2.21. The van der Waals surface area contributed by atoms with Gasteiger partial charge in [-0.15, -0.1) is 0 Å². The maximum absolute atomic E-state index is 11.9. The van der Waals surface area contributed by atoms with Crippen LogP contribution in [0.3, 0.4) is 0 Å². The highest BCUT2D eigenvalue weighted by atomic mass is 16.6. The lowest BCUT2D eigenvalue weighted by molar-refractivity contribution is -0.383. The third-order valence-corrected chi connectivity index (χ3v) is 7.55. The zero-order valence-corrected chi connectivity index (χ0v) is 21.0. The molecule has 184 valence electrons. The molecule has 0 aliphatic rings. The van der Waals surface area contributed by atoms with Crippen molar-refractivity contribution in [1.29, 1.82) is 0 Å². The summed E-state index contributed by atoms with van der Waals surface area (Å²) in [6.07, 6.45) is 0. The van der Waals surface area contributed by atoms with E-state index in [0.717, 1.165) is 60.3 Å². The van der Waals surface area contributed by atoms with Gasteiger partial charge in [0.15, 0.2) is 0 Å². The fourth-order valence-electron chi connectivity index (χ4n) is 5.87. The molecule has 0 bridgehead atoms. The van der Waals surface area contributed by atoms with E-state index in [1.807, 2.05) is 36.4 Å². The Bertz CT molecular complexity index is 1970. The third kappa shape index (κ3) is 3.75. The Labute approximate surface area is 225 Å². The molecule has 0 spiro atoms. The third-order valence-electron chi connectivity index (χ3n) is 7.55. The molecule has 0 saturated heterocycles. The van der Waals surface area contributed by atoms with Crippen molar-refractivity contribution in [2.75, 3.05) is 0 Å². The molecular weight excluding hydrogens is 478 g/mol. The molecular formula is C36H23NO2. The number of nitro benzene ring substituents is 1. The molecule has 0 aliphatic heterocycles. The lowest BCUT2D eigenvalue weighted by Crippen LogP contribution is -1.99. The van der Waals surface area contributed by atoms with Gasteiger partial charge in [0.2, 0.25) is 0 Å². The first kappa shape index (κ1) is 22.9. The molecule has 0 heterocycles. The average Bonchev–Trinajstić information content (AvgIpc) is 3.00. The number of hydrogen-bond donors (Lipinski definition) is 0. The van der Waals surface area contributed by atoms with Crippen molar-refractivity contribution in [3.63, 3.8) is 0 Å². The predicted molar refractivity (Wildman–Crippen MR) is 161 cm³/mol. The van der Waals surface area contributed by atoms with Crippen molar-refractivity contribution in [3.05, 3.63) is 172 Å². The molecule has 39 heavy (non-hydrogen) atoms. The van der Waals surface area contributed by atoms with Crippen LogP contribution >= 0.6 is 0 Å². The molecule has 0 unspecified atom stereocenters. The van der Waals surface area contributed by atoms with Gasteiger partial charge in [-0.1, -0.05) is 121 Å². The minimum atomic E-state index is -0.287. The van der Waals surface area contributed by atoms with E-state index in [0.29, 0.717) is 5.39 Å². The van der Waals surface area contributed by atoms with E-state index in [-0.39, 0.29) is 10.6 Å². The minimum Gasteiger partial charge on any atom is -0.258 e. The quantitative estimate of drug-likeness (QED) is 0.102. The van der Waals surface area contributed by atoms with Crippen LogP contribution in [0, 0.1) is 10.1 Å². The van der Waals surface area contributed by atoms with Crippen LogP contribution in [0.25, 0.3) is 43.5 Å². The maximum Gasteiger partial charge on any atom is 0.277 e. The first-order valence-corrected chi connectivity index (χ1v) is 13.0. The summed E-state index contributed by atoms with van der Waals surface area (Å²) in [7, 11) is 0. The van der Waals surface area contributed by atoms with Crippen LogP contribution < -0.4 is 0 Å². The molecule has 3 nitrogen and oxygen atoms in total. The van der Waals surface area contributed by atoms with Gasteiger partial charge in [0.25, 0.3) is 5.69 Å². The minimum absolute atomic E-state index is 0.135. The van der Waals surface area contributed by atoms with E-state index in [2.05, 4.69) is 97.1 Å². The summed E-state index contributed by atoms with van der Waals surface area (Å²) in [6.45, 7) is 0. The number of hydrogen-bond acceptors (Lipinski definition) is 2. The van der Waals surface area contributed by atoms with Crippen LogP contribution in [0.15, 0.2) is 140 Å². The highest BCUT2D eigenvalue weighted by molar-refractivity contribution is 6.27. The number of benzene rings is 7. The fraction of sp³-hybridized carbons (Fsp3) is 0. The summed E-state index contributed by atoms with van der Waals surface area (Å²) in [5.41, 5.74) is 6.87. The van der Waals surface area contributed by atoms with Gasteiger partial charge in [-0.3, -0.25) is 10.1 Å². The Morgan fingerprint density at radius 3 is 1.44 bits per heavy atom. The summed E-state index contributed by atoms with van der Waals surface area (Å²) in [5, 5.41) is 17.7. The monoisotopic (exact) mass is 501 g/mol. The van der Waals surface area contributed by atoms with Crippen molar-refractivity contribution in [3.8, 4) is 0 Å². The van der Waals surface area contributed by atoms with Gasteiger partial charge in [0, 0.05) is 11.5 Å². The van der Waals surface area contributed by atoms with E-state index in [4.69, 9.17) is 0 Å². The van der Waals surface area contributed by atoms with E-state index >= 15 is 0 Å². The highest BCUT2D eigenvalue weighted by Gasteiger charge is 2.21. The topological polar surface area (TPSA) is 43.1 Å². The van der Waals surface area contributed by atoms with Crippen LogP contribution in [-0.4, -0.2) is 4.92 Å². The first-order chi connectivity index (χ1) is 19.2. The normalized spacial score (nSPS) is 11.3. The van der Waals surface area contributed by atoms with E-state index in [1.165, 1.54) is 0 Å². The number of nitrogens with zero attached hydrogens (tertiary/aromatic N) is 1. The molecule has 0 fully saturated rings.